The highest BCUT2D eigenvalue weighted by molar-refractivity contribution is 7.13. The van der Waals surface area contributed by atoms with Gasteiger partial charge in [-0.3, -0.25) is 4.79 Å². The summed E-state index contributed by atoms with van der Waals surface area (Å²) in [5.74, 6) is 1.10. The third kappa shape index (κ3) is 4.38. The number of hydrogen-bond donors (Lipinski definition) is 3. The van der Waals surface area contributed by atoms with Crippen LogP contribution in [-0.4, -0.2) is 34.9 Å². The van der Waals surface area contributed by atoms with Gasteiger partial charge in [0.15, 0.2) is 11.5 Å². The molecule has 5 rings (SSSR count). The quantitative estimate of drug-likeness (QED) is 0.380. The fourth-order valence-electron chi connectivity index (χ4n) is 3.49. The maximum atomic E-state index is 12.1. The van der Waals surface area contributed by atoms with E-state index in [1.54, 1.807) is 23.5 Å². The Morgan fingerprint density at radius 2 is 1.65 bits per heavy atom. The lowest BCUT2D eigenvalue weighted by Crippen LogP contribution is -2.51. The van der Waals surface area contributed by atoms with Crippen LogP contribution in [-0.2, 0) is 4.79 Å². The highest BCUT2D eigenvalue weighted by Gasteiger charge is 2.27. The van der Waals surface area contributed by atoms with Crippen molar-refractivity contribution in [3.05, 3.63) is 72.1 Å². The van der Waals surface area contributed by atoms with Crippen molar-refractivity contribution in [3.63, 3.8) is 0 Å². The van der Waals surface area contributed by atoms with Crippen molar-refractivity contribution >= 4 is 22.9 Å². The van der Waals surface area contributed by atoms with Crippen LogP contribution in [0.25, 0.3) is 33.0 Å². The molecule has 1 aliphatic heterocycles. The van der Waals surface area contributed by atoms with E-state index in [9.17, 15) is 9.90 Å². The second-order valence-electron chi connectivity index (χ2n) is 8.29. The topological polar surface area (TPSA) is 107 Å². The Kier molecular flexibility index (Phi) is 5.79. The van der Waals surface area contributed by atoms with Crippen LogP contribution < -0.4 is 20.5 Å². The summed E-state index contributed by atoms with van der Waals surface area (Å²) in [6.07, 6.45) is 0. The lowest BCUT2D eigenvalue weighted by Gasteiger charge is -2.20. The minimum Gasteiger partial charge on any atom is -0.454 e. The average Bonchev–Trinajstić information content (AvgIpc) is 3.54. The maximum Gasteiger partial charge on any atom is 0.246 e. The molecule has 1 aliphatic rings. The molecule has 3 aromatic carbocycles. The van der Waals surface area contributed by atoms with Crippen molar-refractivity contribution in [3.8, 4) is 44.5 Å². The van der Waals surface area contributed by atoms with Crippen LogP contribution in [0.15, 0.2) is 72.1 Å². The molecule has 1 amide bonds. The predicted octanol–water partition coefficient (Wildman–Crippen LogP) is 4.52. The first-order valence-electron chi connectivity index (χ1n) is 10.7. The number of benzene rings is 3. The lowest BCUT2D eigenvalue weighted by atomic mass is 10.0. The Hall–Kier alpha value is -3.72. The molecule has 4 aromatic rings. The number of carbonyl (C=O) groups is 1. The Bertz CT molecular complexity index is 1330. The first-order chi connectivity index (χ1) is 16.4. The van der Waals surface area contributed by atoms with Crippen molar-refractivity contribution in [1.82, 2.24) is 4.98 Å². The number of thiazole rings is 1. The van der Waals surface area contributed by atoms with Gasteiger partial charge in [-0.2, -0.15) is 0 Å². The number of nitrogens with two attached hydrogens (primary N) is 1. The van der Waals surface area contributed by atoms with Crippen molar-refractivity contribution in [2.75, 3.05) is 18.7 Å². The SMILES string of the molecule is C[C@](N)(CO)C(=O)Nc1ccc(-c2csc(-c3ccc(-c4ccc5c(c4)OCO5)cc3)n2)cc1. The Morgan fingerprint density at radius 3 is 2.38 bits per heavy atom. The Morgan fingerprint density at radius 1 is 1.00 bits per heavy atom. The normalized spacial score (nSPS) is 14.0. The molecule has 0 fully saturated rings. The number of amides is 1. The number of anilines is 1. The zero-order chi connectivity index (χ0) is 23.7. The summed E-state index contributed by atoms with van der Waals surface area (Å²) in [6, 6.07) is 21.6. The van der Waals surface area contributed by atoms with E-state index in [-0.39, 0.29) is 6.79 Å². The summed E-state index contributed by atoms with van der Waals surface area (Å²) >= 11 is 1.57. The van der Waals surface area contributed by atoms with Gasteiger partial charge in [0.25, 0.3) is 0 Å². The largest absolute Gasteiger partial charge is 0.454 e. The van der Waals surface area contributed by atoms with Crippen LogP contribution in [0.2, 0.25) is 0 Å². The standard InChI is InChI=1S/C26H23N3O4S/c1-26(27,14-30)25(31)28-20-9-6-17(7-10-20)21-13-34-24(29-21)18-4-2-16(3-5-18)19-8-11-22-23(12-19)33-15-32-22/h2-13,30H,14-15,27H2,1H3,(H,28,31)/t26-/m0/s1. The van der Waals surface area contributed by atoms with Crippen LogP contribution in [0.1, 0.15) is 6.92 Å². The lowest BCUT2D eigenvalue weighted by molar-refractivity contribution is -0.121. The number of aromatic nitrogens is 1. The van der Waals surface area contributed by atoms with E-state index < -0.39 is 18.1 Å². The molecule has 0 saturated heterocycles. The molecule has 0 unspecified atom stereocenters. The van der Waals surface area contributed by atoms with Crippen LogP contribution >= 0.6 is 11.3 Å². The van der Waals surface area contributed by atoms with Crippen molar-refractivity contribution < 1.29 is 19.4 Å². The van der Waals surface area contributed by atoms with Gasteiger partial charge in [0.2, 0.25) is 12.7 Å². The minimum absolute atomic E-state index is 0.262. The second kappa shape index (κ2) is 8.90. The van der Waals surface area contributed by atoms with Crippen LogP contribution in [0.3, 0.4) is 0 Å². The number of nitrogens with zero attached hydrogens (tertiary/aromatic N) is 1. The molecule has 0 aliphatic carbocycles. The molecule has 8 heteroatoms. The summed E-state index contributed by atoms with van der Waals surface area (Å²) < 4.78 is 10.9. The minimum atomic E-state index is -1.33. The average molecular weight is 474 g/mol. The summed E-state index contributed by atoms with van der Waals surface area (Å²) in [4.78, 5) is 16.9. The molecule has 172 valence electrons. The van der Waals surface area contributed by atoms with E-state index in [1.807, 2.05) is 35.7 Å². The Balaban J connectivity index is 1.30. The van der Waals surface area contributed by atoms with Crippen LogP contribution in [0.4, 0.5) is 5.69 Å². The van der Waals surface area contributed by atoms with Gasteiger partial charge in [-0.25, -0.2) is 4.98 Å². The highest BCUT2D eigenvalue weighted by atomic mass is 32.1. The number of hydrogen-bond acceptors (Lipinski definition) is 7. The van der Waals surface area contributed by atoms with Gasteiger partial charge >= 0.3 is 0 Å². The molecule has 0 bridgehead atoms. The summed E-state index contributed by atoms with van der Waals surface area (Å²) in [5, 5.41) is 14.9. The summed E-state index contributed by atoms with van der Waals surface area (Å²) in [6.45, 7) is 1.31. The van der Waals surface area contributed by atoms with Gasteiger partial charge in [-0.05, 0) is 42.3 Å². The van der Waals surface area contributed by atoms with Gasteiger partial charge in [0, 0.05) is 22.2 Å². The molecule has 4 N–H and O–H groups in total. The first kappa shape index (κ1) is 22.1. The number of rotatable bonds is 6. The van der Waals surface area contributed by atoms with Crippen molar-refractivity contribution in [1.29, 1.82) is 0 Å². The Labute approximate surface area is 200 Å². The summed E-state index contributed by atoms with van der Waals surface area (Å²) in [5.41, 5.74) is 10.0. The fraction of sp³-hybridized carbons (Fsp3) is 0.154. The van der Waals surface area contributed by atoms with Gasteiger partial charge in [-0.1, -0.05) is 42.5 Å². The number of fused-ring (bicyclic) bond motifs is 1. The molecule has 7 nitrogen and oxygen atoms in total. The third-order valence-electron chi connectivity index (χ3n) is 5.63. The number of aliphatic hydroxyl groups is 1. The van der Waals surface area contributed by atoms with E-state index in [4.69, 9.17) is 20.2 Å². The van der Waals surface area contributed by atoms with Gasteiger partial charge < -0.3 is 25.6 Å². The van der Waals surface area contributed by atoms with Gasteiger partial charge in [-0.15, -0.1) is 11.3 Å². The van der Waals surface area contributed by atoms with Gasteiger partial charge in [0.05, 0.1) is 12.3 Å². The molecule has 1 aromatic heterocycles. The van der Waals surface area contributed by atoms with Crippen LogP contribution in [0, 0.1) is 0 Å². The smallest absolute Gasteiger partial charge is 0.246 e. The molecular formula is C26H23N3O4S. The van der Waals surface area contributed by atoms with Gasteiger partial charge in [0.1, 0.15) is 10.5 Å². The summed E-state index contributed by atoms with van der Waals surface area (Å²) in [7, 11) is 0. The number of aliphatic hydroxyl groups excluding tert-OH is 1. The maximum absolute atomic E-state index is 12.1. The molecule has 0 saturated carbocycles. The molecule has 34 heavy (non-hydrogen) atoms. The second-order valence-corrected chi connectivity index (χ2v) is 9.15. The van der Waals surface area contributed by atoms with E-state index in [0.29, 0.717) is 5.69 Å². The molecule has 2 heterocycles. The van der Waals surface area contributed by atoms with Crippen molar-refractivity contribution in [2.45, 2.75) is 12.5 Å². The molecular weight excluding hydrogens is 450 g/mol. The fourth-order valence-corrected chi connectivity index (χ4v) is 4.33. The monoisotopic (exact) mass is 473 g/mol. The van der Waals surface area contributed by atoms with E-state index in [2.05, 4.69) is 29.6 Å². The predicted molar refractivity (Wildman–Crippen MR) is 133 cm³/mol. The zero-order valence-electron chi connectivity index (χ0n) is 18.4. The first-order valence-corrected chi connectivity index (χ1v) is 11.6. The van der Waals surface area contributed by atoms with E-state index in [1.165, 1.54) is 6.92 Å². The van der Waals surface area contributed by atoms with Crippen LogP contribution in [0.5, 0.6) is 11.5 Å². The molecule has 0 spiro atoms. The van der Waals surface area contributed by atoms with Crippen molar-refractivity contribution in [2.24, 2.45) is 5.73 Å². The van der Waals surface area contributed by atoms with E-state index >= 15 is 0 Å². The molecule has 1 atom stereocenters. The number of nitrogens with one attached hydrogen (secondary N) is 1. The number of carbonyl (C=O) groups excluding carboxylic acids is 1. The molecule has 0 radical (unpaired) electrons. The zero-order valence-corrected chi connectivity index (χ0v) is 19.3. The number of ether oxygens (including phenoxy) is 2. The van der Waals surface area contributed by atoms with E-state index in [0.717, 1.165) is 44.5 Å². The third-order valence-corrected chi connectivity index (χ3v) is 6.52. The highest BCUT2D eigenvalue weighted by Crippen LogP contribution is 2.37.